The summed E-state index contributed by atoms with van der Waals surface area (Å²) < 4.78 is 5.06. The van der Waals surface area contributed by atoms with Gasteiger partial charge in [0.2, 0.25) is 0 Å². The van der Waals surface area contributed by atoms with Crippen molar-refractivity contribution in [3.63, 3.8) is 0 Å². The number of hydrogen-bond donors (Lipinski definition) is 2. The maximum absolute atomic E-state index is 11.8. The van der Waals surface area contributed by atoms with Gasteiger partial charge in [0.1, 0.15) is 0 Å². The van der Waals surface area contributed by atoms with E-state index in [2.05, 4.69) is 5.32 Å². The van der Waals surface area contributed by atoms with Crippen LogP contribution in [-0.2, 0) is 9.53 Å². The van der Waals surface area contributed by atoms with Crippen molar-refractivity contribution in [2.45, 2.75) is 31.8 Å². The number of morpholine rings is 1. The first-order valence-electron chi connectivity index (χ1n) is 6.54. The standard InChI is InChI=1S/C12H20N2O4/c15-11(16)10-8-14(6-7-18-10)12(17)13-5-1-2-9-3-4-9/h9-10H,1-8H2,(H,13,17)(H,15,16). The monoisotopic (exact) mass is 256 g/mol. The minimum absolute atomic E-state index is 0.129. The van der Waals surface area contributed by atoms with E-state index in [1.54, 1.807) is 0 Å². The predicted octanol–water partition coefficient (Wildman–Crippen LogP) is 0.672. The van der Waals surface area contributed by atoms with Crippen molar-refractivity contribution in [3.05, 3.63) is 0 Å². The molecule has 0 bridgehead atoms. The van der Waals surface area contributed by atoms with Gasteiger partial charge in [-0.2, -0.15) is 0 Å². The van der Waals surface area contributed by atoms with E-state index < -0.39 is 12.1 Å². The smallest absolute Gasteiger partial charge is 0.334 e. The fraction of sp³-hybridized carbons (Fsp3) is 0.833. The molecule has 1 atom stereocenters. The molecule has 0 aromatic rings. The second-order valence-electron chi connectivity index (χ2n) is 4.96. The first-order chi connectivity index (χ1) is 8.66. The van der Waals surface area contributed by atoms with Gasteiger partial charge in [-0.05, 0) is 18.8 Å². The Morgan fingerprint density at radius 1 is 1.39 bits per heavy atom. The van der Waals surface area contributed by atoms with Crippen molar-refractivity contribution in [3.8, 4) is 0 Å². The molecule has 1 heterocycles. The van der Waals surface area contributed by atoms with Crippen LogP contribution < -0.4 is 5.32 Å². The van der Waals surface area contributed by atoms with Crippen molar-refractivity contribution in [1.82, 2.24) is 10.2 Å². The van der Waals surface area contributed by atoms with Crippen LogP contribution in [0.2, 0.25) is 0 Å². The van der Waals surface area contributed by atoms with Crippen molar-refractivity contribution < 1.29 is 19.4 Å². The molecule has 1 saturated carbocycles. The Labute approximate surface area is 106 Å². The van der Waals surface area contributed by atoms with Crippen LogP contribution in [-0.4, -0.2) is 54.4 Å². The zero-order valence-corrected chi connectivity index (χ0v) is 10.4. The fourth-order valence-corrected chi connectivity index (χ4v) is 2.09. The highest BCUT2D eigenvalue weighted by Gasteiger charge is 2.28. The lowest BCUT2D eigenvalue weighted by molar-refractivity contribution is -0.154. The molecular formula is C12H20N2O4. The second-order valence-corrected chi connectivity index (χ2v) is 4.96. The third-order valence-corrected chi connectivity index (χ3v) is 3.39. The van der Waals surface area contributed by atoms with Gasteiger partial charge >= 0.3 is 12.0 Å². The maximum Gasteiger partial charge on any atom is 0.334 e. The van der Waals surface area contributed by atoms with E-state index >= 15 is 0 Å². The van der Waals surface area contributed by atoms with Crippen LogP contribution in [0, 0.1) is 5.92 Å². The molecule has 2 amide bonds. The number of aliphatic carboxylic acids is 1. The van der Waals surface area contributed by atoms with Gasteiger partial charge in [-0.1, -0.05) is 12.8 Å². The first kappa shape index (κ1) is 13.1. The van der Waals surface area contributed by atoms with E-state index in [0.717, 1.165) is 12.3 Å². The van der Waals surface area contributed by atoms with Crippen LogP contribution in [0.1, 0.15) is 25.7 Å². The molecule has 1 saturated heterocycles. The number of nitrogens with one attached hydrogen (secondary N) is 1. The van der Waals surface area contributed by atoms with E-state index in [4.69, 9.17) is 9.84 Å². The van der Waals surface area contributed by atoms with Crippen molar-refractivity contribution in [1.29, 1.82) is 0 Å². The summed E-state index contributed by atoms with van der Waals surface area (Å²) in [6.07, 6.45) is 3.95. The molecule has 0 radical (unpaired) electrons. The summed E-state index contributed by atoms with van der Waals surface area (Å²) in [5.74, 6) is -0.136. The third-order valence-electron chi connectivity index (χ3n) is 3.39. The summed E-state index contributed by atoms with van der Waals surface area (Å²) in [5, 5.41) is 11.7. The molecular weight excluding hydrogens is 236 g/mol. The molecule has 2 N–H and O–H groups in total. The van der Waals surface area contributed by atoms with Gasteiger partial charge in [-0.25, -0.2) is 9.59 Å². The van der Waals surface area contributed by atoms with Gasteiger partial charge in [0.15, 0.2) is 6.10 Å². The normalized spacial score (nSPS) is 23.8. The summed E-state index contributed by atoms with van der Waals surface area (Å²) in [6.45, 7) is 1.54. The molecule has 102 valence electrons. The summed E-state index contributed by atoms with van der Waals surface area (Å²) in [4.78, 5) is 24.1. The Hall–Kier alpha value is -1.30. The molecule has 1 aliphatic heterocycles. The average Bonchev–Trinajstić information content (AvgIpc) is 3.18. The quantitative estimate of drug-likeness (QED) is 0.709. The van der Waals surface area contributed by atoms with E-state index in [-0.39, 0.29) is 19.2 Å². The lowest BCUT2D eigenvalue weighted by Crippen LogP contribution is -2.51. The molecule has 2 rings (SSSR count). The number of carbonyl (C=O) groups excluding carboxylic acids is 1. The zero-order valence-electron chi connectivity index (χ0n) is 10.4. The minimum atomic E-state index is -1.01. The third kappa shape index (κ3) is 3.87. The summed E-state index contributed by atoms with van der Waals surface area (Å²) in [7, 11) is 0. The average molecular weight is 256 g/mol. The first-order valence-corrected chi connectivity index (χ1v) is 6.54. The number of urea groups is 1. The van der Waals surface area contributed by atoms with E-state index in [1.807, 2.05) is 0 Å². The van der Waals surface area contributed by atoms with Gasteiger partial charge in [-0.3, -0.25) is 0 Å². The Morgan fingerprint density at radius 3 is 2.83 bits per heavy atom. The summed E-state index contributed by atoms with van der Waals surface area (Å²) in [5.41, 5.74) is 0. The Kier molecular flexibility index (Phi) is 4.41. The van der Waals surface area contributed by atoms with Crippen molar-refractivity contribution in [2.75, 3.05) is 26.2 Å². The molecule has 6 nitrogen and oxygen atoms in total. The van der Waals surface area contributed by atoms with Crippen LogP contribution in [0.25, 0.3) is 0 Å². The Bertz CT molecular complexity index is 317. The zero-order chi connectivity index (χ0) is 13.0. The largest absolute Gasteiger partial charge is 0.479 e. The highest BCUT2D eigenvalue weighted by molar-refractivity contribution is 5.77. The number of carboxylic acids is 1. The van der Waals surface area contributed by atoms with E-state index in [0.29, 0.717) is 13.1 Å². The van der Waals surface area contributed by atoms with Gasteiger partial charge in [0.05, 0.1) is 13.2 Å². The van der Waals surface area contributed by atoms with E-state index in [1.165, 1.54) is 24.2 Å². The number of nitrogens with zero attached hydrogens (tertiary/aromatic N) is 1. The number of amides is 2. The number of carbonyl (C=O) groups is 2. The molecule has 6 heteroatoms. The predicted molar refractivity (Wildman–Crippen MR) is 64.3 cm³/mol. The topological polar surface area (TPSA) is 78.9 Å². The second kappa shape index (κ2) is 6.04. The molecule has 0 spiro atoms. The molecule has 0 aromatic heterocycles. The highest BCUT2D eigenvalue weighted by Crippen LogP contribution is 2.33. The van der Waals surface area contributed by atoms with Gasteiger partial charge in [0.25, 0.3) is 0 Å². The number of ether oxygens (including phenoxy) is 1. The van der Waals surface area contributed by atoms with Crippen LogP contribution in [0.3, 0.4) is 0 Å². The van der Waals surface area contributed by atoms with Gasteiger partial charge in [-0.15, -0.1) is 0 Å². The van der Waals surface area contributed by atoms with Crippen LogP contribution in [0.4, 0.5) is 4.79 Å². The SMILES string of the molecule is O=C(O)C1CN(C(=O)NCCCC2CC2)CCO1. The fourth-order valence-electron chi connectivity index (χ4n) is 2.09. The van der Waals surface area contributed by atoms with Gasteiger partial charge in [0, 0.05) is 13.1 Å². The summed E-state index contributed by atoms with van der Waals surface area (Å²) in [6, 6.07) is -0.180. The Morgan fingerprint density at radius 2 is 2.17 bits per heavy atom. The minimum Gasteiger partial charge on any atom is -0.479 e. The number of hydrogen-bond acceptors (Lipinski definition) is 3. The summed E-state index contributed by atoms with van der Waals surface area (Å²) >= 11 is 0. The molecule has 1 unspecified atom stereocenters. The number of carboxylic acid groups (broad SMARTS) is 1. The highest BCUT2D eigenvalue weighted by atomic mass is 16.5. The maximum atomic E-state index is 11.8. The molecule has 2 fully saturated rings. The molecule has 1 aliphatic carbocycles. The van der Waals surface area contributed by atoms with Crippen LogP contribution in [0.5, 0.6) is 0 Å². The lowest BCUT2D eigenvalue weighted by Gasteiger charge is -2.30. The lowest BCUT2D eigenvalue weighted by atomic mass is 10.2. The number of rotatable bonds is 5. The molecule has 18 heavy (non-hydrogen) atoms. The molecule has 0 aromatic carbocycles. The van der Waals surface area contributed by atoms with Crippen molar-refractivity contribution in [2.24, 2.45) is 5.92 Å². The van der Waals surface area contributed by atoms with E-state index in [9.17, 15) is 9.59 Å². The van der Waals surface area contributed by atoms with Crippen LogP contribution in [0.15, 0.2) is 0 Å². The molecule has 2 aliphatic rings. The van der Waals surface area contributed by atoms with Crippen LogP contribution >= 0.6 is 0 Å². The Balaban J connectivity index is 1.65. The van der Waals surface area contributed by atoms with Crippen molar-refractivity contribution >= 4 is 12.0 Å². The van der Waals surface area contributed by atoms with Gasteiger partial charge < -0.3 is 20.1 Å².